The zero-order valence-electron chi connectivity index (χ0n) is 6.71. The van der Waals surface area contributed by atoms with Gasteiger partial charge in [0, 0.05) is 6.04 Å². The van der Waals surface area contributed by atoms with Gasteiger partial charge in [0.15, 0.2) is 0 Å². The highest BCUT2D eigenvalue weighted by atomic mass is 16.1. The van der Waals surface area contributed by atoms with E-state index in [0.29, 0.717) is 17.9 Å². The van der Waals surface area contributed by atoms with E-state index in [4.69, 9.17) is 5.73 Å². The molecule has 1 heterocycles. The Bertz CT molecular complexity index is 193. The van der Waals surface area contributed by atoms with Crippen LogP contribution < -0.4 is 11.1 Å². The van der Waals surface area contributed by atoms with Crippen molar-refractivity contribution in [3.8, 4) is 0 Å². The molecule has 62 valence electrons. The molecule has 0 radical (unpaired) electrons. The minimum atomic E-state index is -0.177. The molecule has 0 aromatic carbocycles. The standard InChI is InChI=1S/C8H14N2O/c1-4-5-2-3-6(4)10-7(5)8(9)11/h4-7,10H,2-3H2,1H3,(H2,9,11)/t4-,5-,6-,7-/m0/s1. The van der Waals surface area contributed by atoms with Crippen LogP contribution in [0.2, 0.25) is 0 Å². The van der Waals surface area contributed by atoms with Crippen LogP contribution in [0.1, 0.15) is 19.8 Å². The van der Waals surface area contributed by atoms with E-state index < -0.39 is 0 Å². The summed E-state index contributed by atoms with van der Waals surface area (Å²) in [5.41, 5.74) is 5.25. The summed E-state index contributed by atoms with van der Waals surface area (Å²) < 4.78 is 0. The molecule has 0 aromatic heterocycles. The lowest BCUT2D eigenvalue weighted by Crippen LogP contribution is -2.45. The maximum Gasteiger partial charge on any atom is 0.234 e. The summed E-state index contributed by atoms with van der Waals surface area (Å²) in [6.07, 6.45) is 2.39. The maximum atomic E-state index is 10.9. The second-order valence-electron chi connectivity index (χ2n) is 3.75. The Kier molecular flexibility index (Phi) is 1.42. The van der Waals surface area contributed by atoms with Gasteiger partial charge in [0.25, 0.3) is 0 Å². The van der Waals surface area contributed by atoms with E-state index in [-0.39, 0.29) is 11.9 Å². The van der Waals surface area contributed by atoms with Gasteiger partial charge in [-0.15, -0.1) is 0 Å². The average Bonchev–Trinajstić information content (AvgIpc) is 2.46. The molecule has 11 heavy (non-hydrogen) atoms. The summed E-state index contributed by atoms with van der Waals surface area (Å²) in [6.45, 7) is 2.21. The first-order chi connectivity index (χ1) is 5.20. The van der Waals surface area contributed by atoms with E-state index in [1.54, 1.807) is 0 Å². The minimum Gasteiger partial charge on any atom is -0.368 e. The number of nitrogens with one attached hydrogen (secondary N) is 1. The highest BCUT2D eigenvalue weighted by Crippen LogP contribution is 2.40. The van der Waals surface area contributed by atoms with Crippen LogP contribution >= 0.6 is 0 Å². The summed E-state index contributed by atoms with van der Waals surface area (Å²) in [7, 11) is 0. The van der Waals surface area contributed by atoms with Gasteiger partial charge in [0.2, 0.25) is 5.91 Å². The van der Waals surface area contributed by atoms with Gasteiger partial charge in [0.05, 0.1) is 6.04 Å². The first-order valence-electron chi connectivity index (χ1n) is 4.25. The van der Waals surface area contributed by atoms with Crippen molar-refractivity contribution in [1.82, 2.24) is 5.32 Å². The summed E-state index contributed by atoms with van der Waals surface area (Å²) in [4.78, 5) is 10.9. The van der Waals surface area contributed by atoms with E-state index in [1.165, 1.54) is 12.8 Å². The molecule has 0 aromatic rings. The van der Waals surface area contributed by atoms with Crippen LogP contribution in [-0.2, 0) is 4.79 Å². The number of hydrogen-bond acceptors (Lipinski definition) is 2. The second kappa shape index (κ2) is 2.21. The SMILES string of the molecule is C[C@H]1[C@@H]2CC[C@@H]1N[C@@H]2C(N)=O. The lowest BCUT2D eigenvalue weighted by Gasteiger charge is -2.19. The number of primary amides is 1. The Balaban J connectivity index is 2.14. The maximum absolute atomic E-state index is 10.9. The van der Waals surface area contributed by atoms with Crippen molar-refractivity contribution in [2.75, 3.05) is 0 Å². The third kappa shape index (κ3) is 0.872. The molecule has 0 unspecified atom stereocenters. The summed E-state index contributed by atoms with van der Waals surface area (Å²) in [5.74, 6) is 0.981. The van der Waals surface area contributed by atoms with Crippen LogP contribution in [0.4, 0.5) is 0 Å². The van der Waals surface area contributed by atoms with Gasteiger partial charge in [-0.05, 0) is 24.7 Å². The molecule has 1 aliphatic heterocycles. The van der Waals surface area contributed by atoms with E-state index in [1.807, 2.05) is 0 Å². The van der Waals surface area contributed by atoms with Crippen molar-refractivity contribution in [1.29, 1.82) is 0 Å². The molecule has 2 rings (SSSR count). The number of fused-ring (bicyclic) bond motifs is 2. The lowest BCUT2D eigenvalue weighted by molar-refractivity contribution is -0.121. The van der Waals surface area contributed by atoms with Crippen LogP contribution in [0.3, 0.4) is 0 Å². The topological polar surface area (TPSA) is 55.1 Å². The number of nitrogens with two attached hydrogens (primary N) is 1. The predicted octanol–water partition coefficient (Wildman–Crippen LogP) is -0.142. The molecule has 1 amide bonds. The predicted molar refractivity (Wildman–Crippen MR) is 41.8 cm³/mol. The van der Waals surface area contributed by atoms with Gasteiger partial charge in [-0.1, -0.05) is 6.92 Å². The third-order valence-corrected chi connectivity index (χ3v) is 3.25. The third-order valence-electron chi connectivity index (χ3n) is 3.25. The molecule has 3 nitrogen and oxygen atoms in total. The summed E-state index contributed by atoms with van der Waals surface area (Å²) in [6, 6.07) is 0.515. The van der Waals surface area contributed by atoms with Crippen molar-refractivity contribution in [3.05, 3.63) is 0 Å². The fourth-order valence-electron chi connectivity index (χ4n) is 2.55. The van der Waals surface area contributed by atoms with E-state index in [0.717, 1.165) is 0 Å². The number of piperidine rings is 1. The Hall–Kier alpha value is -0.570. The lowest BCUT2D eigenvalue weighted by atomic mass is 9.93. The highest BCUT2D eigenvalue weighted by Gasteiger charge is 2.47. The number of carbonyl (C=O) groups is 1. The molecule has 0 spiro atoms. The molecular weight excluding hydrogens is 140 g/mol. The smallest absolute Gasteiger partial charge is 0.234 e. The molecule has 3 heteroatoms. The molecule has 1 aliphatic carbocycles. The highest BCUT2D eigenvalue weighted by molar-refractivity contribution is 5.81. The summed E-state index contributed by atoms with van der Waals surface area (Å²) >= 11 is 0. The first kappa shape index (κ1) is 7.10. The van der Waals surface area contributed by atoms with Gasteiger partial charge < -0.3 is 11.1 Å². The van der Waals surface area contributed by atoms with E-state index in [2.05, 4.69) is 12.2 Å². The molecule has 4 atom stereocenters. The Morgan fingerprint density at radius 3 is 2.55 bits per heavy atom. The van der Waals surface area contributed by atoms with Gasteiger partial charge in [-0.3, -0.25) is 4.79 Å². The number of hydrogen-bond donors (Lipinski definition) is 2. The quantitative estimate of drug-likeness (QED) is 0.552. The second-order valence-corrected chi connectivity index (χ2v) is 3.75. The molecule has 1 saturated heterocycles. The van der Waals surface area contributed by atoms with Crippen LogP contribution in [0.5, 0.6) is 0 Å². The van der Waals surface area contributed by atoms with Crippen LogP contribution in [0, 0.1) is 11.8 Å². The average molecular weight is 154 g/mol. The molecule has 2 bridgehead atoms. The van der Waals surface area contributed by atoms with Gasteiger partial charge in [-0.25, -0.2) is 0 Å². The molecule has 3 N–H and O–H groups in total. The molecule has 2 aliphatic rings. The van der Waals surface area contributed by atoms with Gasteiger partial charge in [-0.2, -0.15) is 0 Å². The molecule has 1 saturated carbocycles. The van der Waals surface area contributed by atoms with Gasteiger partial charge in [0.1, 0.15) is 0 Å². The zero-order valence-corrected chi connectivity index (χ0v) is 6.71. The van der Waals surface area contributed by atoms with Crippen molar-refractivity contribution in [2.45, 2.75) is 31.8 Å². The Morgan fingerprint density at radius 1 is 1.55 bits per heavy atom. The fraction of sp³-hybridized carbons (Fsp3) is 0.875. The van der Waals surface area contributed by atoms with Crippen LogP contribution in [-0.4, -0.2) is 18.0 Å². The zero-order chi connectivity index (χ0) is 8.01. The number of amides is 1. The van der Waals surface area contributed by atoms with Crippen molar-refractivity contribution in [3.63, 3.8) is 0 Å². The van der Waals surface area contributed by atoms with Crippen molar-refractivity contribution < 1.29 is 4.79 Å². The first-order valence-corrected chi connectivity index (χ1v) is 4.25. The molecule has 2 fully saturated rings. The number of carbonyl (C=O) groups excluding carboxylic acids is 1. The Morgan fingerprint density at radius 2 is 2.27 bits per heavy atom. The van der Waals surface area contributed by atoms with Crippen molar-refractivity contribution >= 4 is 5.91 Å². The van der Waals surface area contributed by atoms with Crippen LogP contribution in [0.15, 0.2) is 0 Å². The monoisotopic (exact) mass is 154 g/mol. The Labute approximate surface area is 66.3 Å². The van der Waals surface area contributed by atoms with Crippen LogP contribution in [0.25, 0.3) is 0 Å². The normalized spacial score (nSPS) is 48.1. The van der Waals surface area contributed by atoms with Gasteiger partial charge >= 0.3 is 0 Å². The number of rotatable bonds is 1. The fourth-order valence-corrected chi connectivity index (χ4v) is 2.55. The van der Waals surface area contributed by atoms with Crippen molar-refractivity contribution in [2.24, 2.45) is 17.6 Å². The minimum absolute atomic E-state index is 0.0382. The molecular formula is C8H14N2O. The van der Waals surface area contributed by atoms with E-state index in [9.17, 15) is 4.79 Å². The largest absolute Gasteiger partial charge is 0.368 e. The van der Waals surface area contributed by atoms with E-state index >= 15 is 0 Å². The summed E-state index contributed by atoms with van der Waals surface area (Å²) in [5, 5.41) is 3.27.